The third-order valence-electron chi connectivity index (χ3n) is 6.44. The number of nitrogens with zero attached hydrogens (tertiary/aromatic N) is 4. The van der Waals surface area contributed by atoms with E-state index in [9.17, 15) is 4.79 Å². The van der Waals surface area contributed by atoms with Crippen molar-refractivity contribution in [2.24, 2.45) is 0 Å². The van der Waals surface area contributed by atoms with Gasteiger partial charge in [0.2, 0.25) is 0 Å². The Labute approximate surface area is 226 Å². The van der Waals surface area contributed by atoms with Crippen molar-refractivity contribution in [3.63, 3.8) is 0 Å². The lowest BCUT2D eigenvalue weighted by Gasteiger charge is -2.26. The van der Waals surface area contributed by atoms with Gasteiger partial charge in [0.25, 0.3) is 0 Å². The molecule has 4 heterocycles. The Bertz CT molecular complexity index is 1440. The second-order valence-corrected chi connectivity index (χ2v) is 9.43. The number of hydrogen-bond donors (Lipinski definition) is 1. The Morgan fingerprint density at radius 1 is 1.13 bits per heavy atom. The smallest absolute Gasteiger partial charge is 0.303 e. The number of pyridine rings is 1. The number of carbonyl (C=O) groups is 1. The lowest BCUT2D eigenvalue weighted by Crippen LogP contribution is -2.24. The molecule has 2 atom stereocenters. The van der Waals surface area contributed by atoms with E-state index in [0.29, 0.717) is 18.7 Å². The van der Waals surface area contributed by atoms with Gasteiger partial charge in [-0.3, -0.25) is 9.78 Å². The molecule has 1 aliphatic rings. The number of aryl methyl sites for hydroxylation is 1. The highest BCUT2D eigenvalue weighted by molar-refractivity contribution is 5.67. The van der Waals surface area contributed by atoms with Crippen molar-refractivity contribution in [1.29, 1.82) is 0 Å². The molecule has 0 radical (unpaired) electrons. The number of imidazole rings is 1. The predicted octanol–water partition coefficient (Wildman–Crippen LogP) is 5.00. The molecule has 5 rings (SSSR count). The van der Waals surface area contributed by atoms with Gasteiger partial charge in [-0.15, -0.1) is 0 Å². The minimum absolute atomic E-state index is 0.0615. The summed E-state index contributed by atoms with van der Waals surface area (Å²) in [6.07, 6.45) is 8.53. The number of rotatable bonds is 9. The zero-order valence-corrected chi connectivity index (χ0v) is 21.7. The maximum Gasteiger partial charge on any atom is 0.303 e. The van der Waals surface area contributed by atoms with Gasteiger partial charge in [0.05, 0.1) is 13.0 Å². The van der Waals surface area contributed by atoms with Crippen molar-refractivity contribution >= 4 is 5.97 Å². The third-order valence-corrected chi connectivity index (χ3v) is 6.44. The van der Waals surface area contributed by atoms with Gasteiger partial charge in [-0.1, -0.05) is 17.0 Å². The zero-order valence-electron chi connectivity index (χ0n) is 21.7. The van der Waals surface area contributed by atoms with E-state index in [1.54, 1.807) is 12.4 Å². The molecule has 9 heteroatoms. The first-order valence-electron chi connectivity index (χ1n) is 13.1. The summed E-state index contributed by atoms with van der Waals surface area (Å²) in [4.78, 5) is 19.5. The summed E-state index contributed by atoms with van der Waals surface area (Å²) in [5, 5.41) is 13.0. The molecule has 3 aromatic heterocycles. The molecule has 2 unspecified atom stereocenters. The minimum atomic E-state index is -0.835. The summed E-state index contributed by atoms with van der Waals surface area (Å²) < 4.78 is 19.4. The molecule has 0 amide bonds. The van der Waals surface area contributed by atoms with Crippen LogP contribution in [0.5, 0.6) is 0 Å². The molecule has 1 fully saturated rings. The molecule has 39 heavy (non-hydrogen) atoms. The summed E-state index contributed by atoms with van der Waals surface area (Å²) in [5.74, 6) is 6.88. The monoisotopic (exact) mass is 526 g/mol. The van der Waals surface area contributed by atoms with Gasteiger partial charge in [-0.25, -0.2) is 4.98 Å². The first kappa shape index (κ1) is 26.4. The van der Waals surface area contributed by atoms with Gasteiger partial charge in [0.15, 0.2) is 12.1 Å². The van der Waals surface area contributed by atoms with Crippen LogP contribution in [0.2, 0.25) is 0 Å². The minimum Gasteiger partial charge on any atom is -0.481 e. The first-order chi connectivity index (χ1) is 19.0. The van der Waals surface area contributed by atoms with Crippen molar-refractivity contribution in [2.75, 3.05) is 6.61 Å². The molecule has 0 bridgehead atoms. The number of carboxylic acid groups (broad SMARTS) is 1. The van der Waals surface area contributed by atoms with Gasteiger partial charge in [0, 0.05) is 60.1 Å². The van der Waals surface area contributed by atoms with E-state index in [2.05, 4.69) is 27.0 Å². The molecule has 1 saturated heterocycles. The van der Waals surface area contributed by atoms with Crippen molar-refractivity contribution in [1.82, 2.24) is 19.7 Å². The normalized spacial score (nSPS) is 15.9. The maximum atomic E-state index is 10.7. The predicted molar refractivity (Wildman–Crippen MR) is 143 cm³/mol. The number of aliphatic carboxylic acids is 1. The second-order valence-electron chi connectivity index (χ2n) is 9.43. The van der Waals surface area contributed by atoms with Crippen LogP contribution in [0.3, 0.4) is 0 Å². The second kappa shape index (κ2) is 12.5. The van der Waals surface area contributed by atoms with E-state index in [1.165, 1.54) is 0 Å². The average Bonchev–Trinajstić information content (AvgIpc) is 3.62. The van der Waals surface area contributed by atoms with E-state index >= 15 is 0 Å². The highest BCUT2D eigenvalue weighted by Crippen LogP contribution is 2.25. The van der Waals surface area contributed by atoms with E-state index in [-0.39, 0.29) is 18.8 Å². The van der Waals surface area contributed by atoms with E-state index < -0.39 is 5.97 Å². The van der Waals surface area contributed by atoms with Gasteiger partial charge >= 0.3 is 5.97 Å². The quantitative estimate of drug-likeness (QED) is 0.303. The Kier molecular flexibility index (Phi) is 8.46. The Morgan fingerprint density at radius 2 is 1.95 bits per heavy atom. The number of aromatic nitrogens is 4. The van der Waals surface area contributed by atoms with Crippen LogP contribution in [-0.2, 0) is 27.2 Å². The van der Waals surface area contributed by atoms with E-state index in [4.69, 9.17) is 19.1 Å². The topological polar surface area (TPSA) is 112 Å². The number of benzene rings is 1. The SMILES string of the molecule is CC(OC1CCCCO1)c1nccn1Cc1cc(-c2ccc(C#Cc3ccc(CCC(=O)O)nc3)cc2)on1. The van der Waals surface area contributed by atoms with Crippen LogP contribution in [0.1, 0.15) is 67.1 Å². The summed E-state index contributed by atoms with van der Waals surface area (Å²) in [5.41, 5.74) is 4.05. The van der Waals surface area contributed by atoms with Gasteiger partial charge in [-0.05, 0) is 62.6 Å². The Balaban J connectivity index is 1.19. The van der Waals surface area contributed by atoms with Crippen molar-refractivity contribution < 1.29 is 23.9 Å². The number of carboxylic acids is 1. The Hall–Kier alpha value is -4.26. The summed E-state index contributed by atoms with van der Waals surface area (Å²) in [7, 11) is 0. The third kappa shape index (κ3) is 7.19. The van der Waals surface area contributed by atoms with Crippen molar-refractivity contribution in [3.8, 4) is 23.2 Å². The van der Waals surface area contributed by atoms with Crippen LogP contribution in [-0.4, -0.2) is 43.7 Å². The molecular weight excluding hydrogens is 496 g/mol. The summed E-state index contributed by atoms with van der Waals surface area (Å²) in [6, 6.07) is 13.3. The highest BCUT2D eigenvalue weighted by atomic mass is 16.7. The highest BCUT2D eigenvalue weighted by Gasteiger charge is 2.21. The molecule has 0 aliphatic carbocycles. The van der Waals surface area contributed by atoms with Crippen LogP contribution >= 0.6 is 0 Å². The first-order valence-corrected chi connectivity index (χ1v) is 13.1. The van der Waals surface area contributed by atoms with Gasteiger partial charge in [-0.2, -0.15) is 0 Å². The lowest BCUT2D eigenvalue weighted by molar-refractivity contribution is -0.188. The largest absolute Gasteiger partial charge is 0.481 e. The number of ether oxygens (including phenoxy) is 2. The van der Waals surface area contributed by atoms with Crippen LogP contribution in [0.25, 0.3) is 11.3 Å². The molecule has 4 aromatic rings. The molecule has 1 aliphatic heterocycles. The zero-order chi connectivity index (χ0) is 27.0. The molecule has 9 nitrogen and oxygen atoms in total. The number of hydrogen-bond acceptors (Lipinski definition) is 7. The Morgan fingerprint density at radius 3 is 2.69 bits per heavy atom. The molecule has 200 valence electrons. The summed E-state index contributed by atoms with van der Waals surface area (Å²) in [6.45, 7) is 3.25. The molecular formula is C30H30N4O5. The van der Waals surface area contributed by atoms with Crippen LogP contribution in [0.4, 0.5) is 0 Å². The fraction of sp³-hybridized carbons (Fsp3) is 0.333. The molecule has 1 N–H and O–H groups in total. The van der Waals surface area contributed by atoms with Crippen molar-refractivity contribution in [2.45, 2.75) is 58.0 Å². The fourth-order valence-corrected chi connectivity index (χ4v) is 4.36. The van der Waals surface area contributed by atoms with Crippen molar-refractivity contribution in [3.05, 3.63) is 89.4 Å². The van der Waals surface area contributed by atoms with Gasteiger partial charge < -0.3 is 23.7 Å². The van der Waals surface area contributed by atoms with E-state index in [1.807, 2.05) is 60.2 Å². The lowest BCUT2D eigenvalue weighted by atomic mass is 10.1. The fourth-order valence-electron chi connectivity index (χ4n) is 4.36. The molecule has 1 aromatic carbocycles. The van der Waals surface area contributed by atoms with Crippen LogP contribution in [0, 0.1) is 11.8 Å². The van der Waals surface area contributed by atoms with Crippen LogP contribution in [0.15, 0.2) is 65.6 Å². The van der Waals surface area contributed by atoms with Gasteiger partial charge in [0.1, 0.15) is 17.6 Å². The van der Waals surface area contributed by atoms with E-state index in [0.717, 1.165) is 59.8 Å². The maximum absolute atomic E-state index is 10.7. The summed E-state index contributed by atoms with van der Waals surface area (Å²) >= 11 is 0. The molecule has 0 saturated carbocycles. The van der Waals surface area contributed by atoms with Crippen LogP contribution < -0.4 is 0 Å². The average molecular weight is 527 g/mol. The standard InChI is InChI=1S/C30H30N4O5/c1-21(38-29-4-2-3-17-37-29)30-31-15-16-34(30)20-26-18-27(39-33-26)24-10-7-22(8-11-24)5-6-23-9-12-25(32-19-23)13-14-28(35)36/h7-12,15-16,18-19,21,29H,2-4,13-14,17,20H2,1H3,(H,35,36). The molecule has 0 spiro atoms.